The zero-order valence-corrected chi connectivity index (χ0v) is 14.1. The number of aromatic nitrogens is 4. The van der Waals surface area contributed by atoms with E-state index in [1.54, 1.807) is 28.3 Å². The smallest absolute Gasteiger partial charge is 0.272 e. The number of thiophene rings is 1. The summed E-state index contributed by atoms with van der Waals surface area (Å²) >= 11 is 1.71. The van der Waals surface area contributed by atoms with Gasteiger partial charge in [0.2, 0.25) is 0 Å². The highest BCUT2D eigenvalue weighted by molar-refractivity contribution is 7.08. The Morgan fingerprint density at radius 2 is 2.21 bits per heavy atom. The Bertz CT molecular complexity index is 909. The van der Waals surface area contributed by atoms with E-state index in [1.165, 1.54) is 11.3 Å². The zero-order valence-electron chi connectivity index (χ0n) is 13.3. The number of nitrogens with zero attached hydrogens (tertiary/aromatic N) is 5. The molecule has 2 atom stereocenters. The van der Waals surface area contributed by atoms with Crippen molar-refractivity contribution in [3.8, 4) is 11.3 Å². The number of hydrogen-bond acceptors (Lipinski definition) is 4. The second-order valence-electron chi connectivity index (χ2n) is 6.54. The summed E-state index contributed by atoms with van der Waals surface area (Å²) in [4.78, 5) is 19.3. The van der Waals surface area contributed by atoms with Gasteiger partial charge in [0, 0.05) is 55.7 Å². The first-order valence-electron chi connectivity index (χ1n) is 8.07. The molecular formula is C17H17N5OS. The highest BCUT2D eigenvalue weighted by Gasteiger charge is 2.44. The van der Waals surface area contributed by atoms with Gasteiger partial charge in [-0.05, 0) is 17.5 Å². The van der Waals surface area contributed by atoms with Crippen molar-refractivity contribution < 1.29 is 4.79 Å². The van der Waals surface area contributed by atoms with Gasteiger partial charge in [0.05, 0.1) is 11.9 Å². The van der Waals surface area contributed by atoms with Crippen molar-refractivity contribution in [3.05, 3.63) is 46.8 Å². The summed E-state index contributed by atoms with van der Waals surface area (Å²) < 4.78 is 3.98. The third-order valence-electron chi connectivity index (χ3n) is 5.22. The molecular weight excluding hydrogens is 322 g/mol. The molecule has 0 N–H and O–H groups in total. The number of rotatable bonds is 2. The minimum absolute atomic E-state index is 0.0700. The fourth-order valence-corrected chi connectivity index (χ4v) is 4.66. The van der Waals surface area contributed by atoms with E-state index >= 15 is 0 Å². The van der Waals surface area contributed by atoms with Gasteiger partial charge in [-0.3, -0.25) is 9.48 Å². The van der Waals surface area contributed by atoms with Gasteiger partial charge in [-0.2, -0.15) is 16.4 Å². The Labute approximate surface area is 143 Å². The van der Waals surface area contributed by atoms with Crippen molar-refractivity contribution >= 4 is 17.2 Å². The highest BCUT2D eigenvalue weighted by Crippen LogP contribution is 2.41. The van der Waals surface area contributed by atoms with Crippen LogP contribution in [-0.4, -0.2) is 43.2 Å². The normalized spacial score (nSPS) is 22.0. The van der Waals surface area contributed by atoms with Crippen LogP contribution < -0.4 is 0 Å². The molecule has 2 aliphatic rings. The number of hydrogen-bond donors (Lipinski definition) is 0. The Morgan fingerprint density at radius 3 is 2.96 bits per heavy atom. The predicted octanol–water partition coefficient (Wildman–Crippen LogP) is 2.21. The van der Waals surface area contributed by atoms with Gasteiger partial charge in [-0.15, -0.1) is 0 Å². The van der Waals surface area contributed by atoms with Gasteiger partial charge in [-0.25, -0.2) is 4.98 Å². The van der Waals surface area contributed by atoms with Gasteiger partial charge in [-0.1, -0.05) is 0 Å². The van der Waals surface area contributed by atoms with Crippen LogP contribution in [0.4, 0.5) is 0 Å². The third-order valence-corrected chi connectivity index (χ3v) is 5.90. The van der Waals surface area contributed by atoms with Crippen molar-refractivity contribution in [2.75, 3.05) is 13.1 Å². The monoisotopic (exact) mass is 339 g/mol. The molecule has 0 saturated carbocycles. The molecule has 1 fully saturated rings. The summed E-state index contributed by atoms with van der Waals surface area (Å²) in [7, 11) is 1.81. The summed E-state index contributed by atoms with van der Waals surface area (Å²) in [5.41, 5.74) is 3.09. The van der Waals surface area contributed by atoms with Crippen molar-refractivity contribution in [2.24, 2.45) is 13.0 Å². The standard InChI is InChI=1S/C17H17N5OS/c1-20-14(2-4-19-20)17(23)21-7-12-8-22-15(11-3-5-24-10-11)6-18-16(22)13(12)9-21/h2-6,10,12-13H,7-9H2,1H3/t12-,13-/m0/s1. The summed E-state index contributed by atoms with van der Waals surface area (Å²) in [5.74, 6) is 2.00. The van der Waals surface area contributed by atoms with Crippen LogP contribution in [-0.2, 0) is 13.6 Å². The van der Waals surface area contributed by atoms with E-state index < -0.39 is 0 Å². The molecule has 5 rings (SSSR count). The van der Waals surface area contributed by atoms with E-state index in [1.807, 2.05) is 18.1 Å². The first-order valence-corrected chi connectivity index (χ1v) is 9.02. The van der Waals surface area contributed by atoms with Crippen molar-refractivity contribution in [1.82, 2.24) is 24.2 Å². The second-order valence-corrected chi connectivity index (χ2v) is 7.32. The molecule has 7 heteroatoms. The van der Waals surface area contributed by atoms with Gasteiger partial charge in [0.15, 0.2) is 0 Å². The second kappa shape index (κ2) is 5.04. The fourth-order valence-electron chi connectivity index (χ4n) is 4.01. The Balaban J connectivity index is 1.42. The highest BCUT2D eigenvalue weighted by atomic mass is 32.1. The topological polar surface area (TPSA) is 56.0 Å². The molecule has 0 bridgehead atoms. The largest absolute Gasteiger partial charge is 0.336 e. The van der Waals surface area contributed by atoms with E-state index in [-0.39, 0.29) is 5.91 Å². The molecule has 0 unspecified atom stereocenters. The Morgan fingerprint density at radius 1 is 1.29 bits per heavy atom. The molecule has 5 heterocycles. The lowest BCUT2D eigenvalue weighted by Gasteiger charge is -2.17. The average Bonchev–Trinajstić information content (AvgIpc) is 3.33. The van der Waals surface area contributed by atoms with Crippen LogP contribution in [0.1, 0.15) is 22.2 Å². The molecule has 1 amide bonds. The Kier molecular flexibility index (Phi) is 2.94. The molecule has 0 spiro atoms. The van der Waals surface area contributed by atoms with Gasteiger partial charge < -0.3 is 9.47 Å². The number of imidazole rings is 1. The van der Waals surface area contributed by atoms with E-state index in [9.17, 15) is 4.79 Å². The summed E-state index contributed by atoms with van der Waals surface area (Å²) in [6.45, 7) is 2.48. The minimum Gasteiger partial charge on any atom is -0.336 e. The fraction of sp³-hybridized carbons (Fsp3) is 0.353. The lowest BCUT2D eigenvalue weighted by Crippen LogP contribution is -2.31. The zero-order chi connectivity index (χ0) is 16.3. The molecule has 3 aromatic heterocycles. The molecule has 6 nitrogen and oxygen atoms in total. The van der Waals surface area contributed by atoms with Gasteiger partial charge >= 0.3 is 0 Å². The summed E-state index contributed by atoms with van der Waals surface area (Å²) in [5, 5.41) is 8.36. The van der Waals surface area contributed by atoms with E-state index in [2.05, 4.69) is 31.5 Å². The number of fused-ring (bicyclic) bond motifs is 3. The summed E-state index contributed by atoms with van der Waals surface area (Å²) in [6.07, 6.45) is 3.64. The molecule has 0 radical (unpaired) electrons. The first-order chi connectivity index (χ1) is 11.7. The lowest BCUT2D eigenvalue weighted by molar-refractivity contribution is 0.0772. The maximum Gasteiger partial charge on any atom is 0.272 e. The van der Waals surface area contributed by atoms with Crippen LogP contribution in [0, 0.1) is 5.92 Å². The molecule has 24 heavy (non-hydrogen) atoms. The molecule has 0 aromatic carbocycles. The maximum absolute atomic E-state index is 12.7. The molecule has 0 aliphatic carbocycles. The van der Waals surface area contributed by atoms with Crippen molar-refractivity contribution in [3.63, 3.8) is 0 Å². The number of aryl methyl sites for hydroxylation is 1. The van der Waals surface area contributed by atoms with E-state index in [0.29, 0.717) is 17.5 Å². The molecule has 3 aromatic rings. The Hall–Kier alpha value is -2.41. The predicted molar refractivity (Wildman–Crippen MR) is 90.9 cm³/mol. The molecule has 122 valence electrons. The van der Waals surface area contributed by atoms with E-state index in [4.69, 9.17) is 0 Å². The number of likely N-dealkylation sites (tertiary alicyclic amines) is 1. The lowest BCUT2D eigenvalue weighted by atomic mass is 9.99. The van der Waals surface area contributed by atoms with Crippen molar-refractivity contribution in [1.29, 1.82) is 0 Å². The van der Waals surface area contributed by atoms with Crippen LogP contribution in [0.5, 0.6) is 0 Å². The third kappa shape index (κ3) is 1.91. The molecule has 1 saturated heterocycles. The average molecular weight is 339 g/mol. The van der Waals surface area contributed by atoms with Gasteiger partial charge in [0.1, 0.15) is 11.5 Å². The van der Waals surface area contributed by atoms with Crippen molar-refractivity contribution in [2.45, 2.75) is 12.5 Å². The SMILES string of the molecule is Cn1nccc1C(=O)N1C[C@H]2Cn3c(-c4ccsc4)cnc3[C@H]2C1. The maximum atomic E-state index is 12.7. The minimum atomic E-state index is 0.0700. The quantitative estimate of drug-likeness (QED) is 0.719. The van der Waals surface area contributed by atoms with Crippen LogP contribution in [0.3, 0.4) is 0 Å². The number of amides is 1. The van der Waals surface area contributed by atoms with Gasteiger partial charge in [0.25, 0.3) is 5.91 Å². The van der Waals surface area contributed by atoms with Crippen LogP contribution in [0.2, 0.25) is 0 Å². The number of carbonyl (C=O) groups is 1. The van der Waals surface area contributed by atoms with E-state index in [0.717, 1.165) is 25.5 Å². The molecule has 2 aliphatic heterocycles. The summed E-state index contributed by atoms with van der Waals surface area (Å²) in [6, 6.07) is 3.92. The first kappa shape index (κ1) is 14.0. The van der Waals surface area contributed by atoms with Crippen LogP contribution in [0.15, 0.2) is 35.3 Å². The van der Waals surface area contributed by atoms with Crippen LogP contribution in [0.25, 0.3) is 11.3 Å². The van der Waals surface area contributed by atoms with Crippen LogP contribution >= 0.6 is 11.3 Å². The number of carbonyl (C=O) groups excluding carboxylic acids is 1.